The lowest BCUT2D eigenvalue weighted by molar-refractivity contribution is 0.102. The Morgan fingerprint density at radius 2 is 1.88 bits per heavy atom. The zero-order valence-electron chi connectivity index (χ0n) is 16.7. The second kappa shape index (κ2) is 8.95. The Morgan fingerprint density at radius 3 is 2.62 bits per heavy atom. The van der Waals surface area contributed by atoms with E-state index in [9.17, 15) is 17.6 Å². The van der Waals surface area contributed by atoms with Crippen LogP contribution in [-0.4, -0.2) is 30.7 Å². The van der Waals surface area contributed by atoms with Crippen LogP contribution in [0.5, 0.6) is 0 Å². The molecule has 0 saturated carbocycles. The minimum Gasteiger partial charge on any atom is -0.298 e. The highest BCUT2D eigenvalue weighted by Crippen LogP contribution is 2.28. The standard InChI is InChI=1S/C22H17ClFN3O3S2/c1-27(13-14-5-3-2-4-6-14)32(29,30)16-8-9-18(23)17(12-16)21(28)26-22-25-19-10-7-15(24)11-20(19)31-22/h2-12H,13H2,1H3,(H,25,26,28). The number of amides is 1. The number of thiazole rings is 1. The van der Waals surface area contributed by atoms with Crippen LogP contribution in [0.2, 0.25) is 5.02 Å². The molecule has 1 amide bonds. The van der Waals surface area contributed by atoms with Crippen LogP contribution in [-0.2, 0) is 16.6 Å². The number of fused-ring (bicyclic) bond motifs is 1. The third kappa shape index (κ3) is 4.66. The smallest absolute Gasteiger partial charge is 0.259 e. The molecule has 0 aliphatic carbocycles. The van der Waals surface area contributed by atoms with Crippen LogP contribution in [0.15, 0.2) is 71.6 Å². The van der Waals surface area contributed by atoms with Gasteiger partial charge in [-0.1, -0.05) is 53.3 Å². The van der Waals surface area contributed by atoms with Crippen molar-refractivity contribution in [1.82, 2.24) is 9.29 Å². The van der Waals surface area contributed by atoms with Crippen LogP contribution in [0.3, 0.4) is 0 Å². The molecular weight excluding hydrogens is 473 g/mol. The molecule has 3 aromatic carbocycles. The summed E-state index contributed by atoms with van der Waals surface area (Å²) in [6.07, 6.45) is 0. The lowest BCUT2D eigenvalue weighted by atomic mass is 10.2. The highest BCUT2D eigenvalue weighted by Gasteiger charge is 2.24. The van der Waals surface area contributed by atoms with Crippen LogP contribution in [0.4, 0.5) is 9.52 Å². The van der Waals surface area contributed by atoms with Gasteiger partial charge in [0.05, 0.1) is 25.7 Å². The minimum atomic E-state index is -3.87. The molecular formula is C22H17ClFN3O3S2. The highest BCUT2D eigenvalue weighted by molar-refractivity contribution is 7.89. The molecule has 0 atom stereocenters. The average molecular weight is 490 g/mol. The van der Waals surface area contributed by atoms with Crippen molar-refractivity contribution in [2.75, 3.05) is 12.4 Å². The zero-order valence-corrected chi connectivity index (χ0v) is 19.1. The normalized spacial score (nSPS) is 11.8. The summed E-state index contributed by atoms with van der Waals surface area (Å²) in [4.78, 5) is 17.0. The van der Waals surface area contributed by atoms with Gasteiger partial charge >= 0.3 is 0 Å². The monoisotopic (exact) mass is 489 g/mol. The van der Waals surface area contributed by atoms with Gasteiger partial charge in [0, 0.05) is 13.6 Å². The van der Waals surface area contributed by atoms with Crippen molar-refractivity contribution in [3.63, 3.8) is 0 Å². The van der Waals surface area contributed by atoms with Crippen molar-refractivity contribution in [3.05, 3.63) is 88.7 Å². The highest BCUT2D eigenvalue weighted by atomic mass is 35.5. The molecule has 0 radical (unpaired) electrons. The maximum Gasteiger partial charge on any atom is 0.259 e. The molecule has 0 bridgehead atoms. The molecule has 10 heteroatoms. The van der Waals surface area contributed by atoms with Gasteiger partial charge in [0.2, 0.25) is 10.0 Å². The summed E-state index contributed by atoms with van der Waals surface area (Å²) >= 11 is 7.28. The van der Waals surface area contributed by atoms with Gasteiger partial charge in [-0.2, -0.15) is 4.31 Å². The van der Waals surface area contributed by atoms with E-state index < -0.39 is 21.7 Å². The van der Waals surface area contributed by atoms with Crippen molar-refractivity contribution >= 4 is 54.2 Å². The number of nitrogens with one attached hydrogen (secondary N) is 1. The molecule has 1 aromatic heterocycles. The fourth-order valence-corrected chi connectivity index (χ4v) is 5.34. The van der Waals surface area contributed by atoms with Crippen LogP contribution < -0.4 is 5.32 Å². The lowest BCUT2D eigenvalue weighted by Gasteiger charge is -2.18. The van der Waals surface area contributed by atoms with Gasteiger partial charge < -0.3 is 0 Å². The Bertz CT molecular complexity index is 1410. The predicted molar refractivity (Wildman–Crippen MR) is 124 cm³/mol. The van der Waals surface area contributed by atoms with E-state index in [2.05, 4.69) is 10.3 Å². The van der Waals surface area contributed by atoms with Crippen LogP contribution in [0, 0.1) is 5.82 Å². The molecule has 6 nitrogen and oxygen atoms in total. The van der Waals surface area contributed by atoms with Crippen molar-refractivity contribution in [1.29, 1.82) is 0 Å². The van der Waals surface area contributed by atoms with Gasteiger partial charge in [0.1, 0.15) is 5.82 Å². The van der Waals surface area contributed by atoms with E-state index in [1.807, 2.05) is 30.3 Å². The number of sulfonamides is 1. The van der Waals surface area contributed by atoms with Crippen molar-refractivity contribution < 1.29 is 17.6 Å². The Hall–Kier alpha value is -2.85. The van der Waals surface area contributed by atoms with E-state index in [0.717, 1.165) is 16.9 Å². The second-order valence-corrected chi connectivity index (χ2v) is 10.5. The van der Waals surface area contributed by atoms with E-state index in [1.165, 1.54) is 47.8 Å². The number of nitrogens with zero attached hydrogens (tertiary/aromatic N) is 2. The molecule has 4 rings (SSSR count). The first-order chi connectivity index (χ1) is 15.2. The molecule has 0 unspecified atom stereocenters. The molecule has 1 heterocycles. The summed E-state index contributed by atoms with van der Waals surface area (Å²) in [6.45, 7) is 0.176. The Morgan fingerprint density at radius 1 is 1.12 bits per heavy atom. The predicted octanol–water partition coefficient (Wildman–Crippen LogP) is 5.16. The zero-order chi connectivity index (χ0) is 22.9. The summed E-state index contributed by atoms with van der Waals surface area (Å²) in [5.41, 5.74) is 1.36. The number of carbonyl (C=O) groups is 1. The first-order valence-electron chi connectivity index (χ1n) is 9.41. The number of anilines is 1. The molecule has 1 N–H and O–H groups in total. The Kier molecular flexibility index (Phi) is 6.25. The number of aromatic nitrogens is 1. The number of benzene rings is 3. The fraction of sp³-hybridized carbons (Fsp3) is 0.0909. The number of hydrogen-bond donors (Lipinski definition) is 1. The van der Waals surface area contributed by atoms with Crippen LogP contribution in [0.25, 0.3) is 10.2 Å². The van der Waals surface area contributed by atoms with E-state index >= 15 is 0 Å². The topological polar surface area (TPSA) is 79.4 Å². The molecule has 0 aliphatic heterocycles. The summed E-state index contributed by atoms with van der Waals surface area (Å²) in [5.74, 6) is -1.02. The SMILES string of the molecule is CN(Cc1ccccc1)S(=O)(=O)c1ccc(Cl)c(C(=O)Nc2nc3ccc(F)cc3s2)c1. The quantitative estimate of drug-likeness (QED) is 0.405. The van der Waals surface area contributed by atoms with Gasteiger partial charge in [-0.3, -0.25) is 10.1 Å². The molecule has 0 aliphatic rings. The number of rotatable bonds is 6. The average Bonchev–Trinajstić information content (AvgIpc) is 3.15. The largest absolute Gasteiger partial charge is 0.298 e. The second-order valence-electron chi connectivity index (χ2n) is 6.97. The summed E-state index contributed by atoms with van der Waals surface area (Å²) in [5, 5.41) is 2.96. The van der Waals surface area contributed by atoms with Gasteiger partial charge in [-0.25, -0.2) is 17.8 Å². The summed E-state index contributed by atoms with van der Waals surface area (Å²) in [6, 6.07) is 17.3. The number of halogens is 2. The van der Waals surface area contributed by atoms with E-state index in [0.29, 0.717) is 10.2 Å². The van der Waals surface area contributed by atoms with Crippen LogP contribution >= 0.6 is 22.9 Å². The van der Waals surface area contributed by atoms with Crippen molar-refractivity contribution in [2.24, 2.45) is 0 Å². The van der Waals surface area contributed by atoms with Crippen LogP contribution in [0.1, 0.15) is 15.9 Å². The molecule has 164 valence electrons. The van der Waals surface area contributed by atoms with E-state index in [4.69, 9.17) is 11.6 Å². The van der Waals surface area contributed by atoms with Crippen molar-refractivity contribution in [3.8, 4) is 0 Å². The lowest BCUT2D eigenvalue weighted by Crippen LogP contribution is -2.27. The van der Waals surface area contributed by atoms with Gasteiger partial charge in [-0.05, 0) is 42.0 Å². The van der Waals surface area contributed by atoms with Gasteiger partial charge in [0.15, 0.2) is 5.13 Å². The van der Waals surface area contributed by atoms with Crippen molar-refractivity contribution in [2.45, 2.75) is 11.4 Å². The maximum atomic E-state index is 13.4. The Balaban J connectivity index is 1.59. The molecule has 4 aromatic rings. The third-order valence-corrected chi connectivity index (χ3v) is 7.77. The molecule has 32 heavy (non-hydrogen) atoms. The summed E-state index contributed by atoms with van der Waals surface area (Å²) < 4.78 is 41.2. The van der Waals surface area contributed by atoms with E-state index in [-0.39, 0.29) is 27.2 Å². The molecule has 0 spiro atoms. The fourth-order valence-electron chi connectivity index (χ4n) is 3.06. The molecule has 0 saturated heterocycles. The maximum absolute atomic E-state index is 13.4. The van der Waals surface area contributed by atoms with Gasteiger partial charge in [0.25, 0.3) is 5.91 Å². The Labute approximate surface area is 193 Å². The first kappa shape index (κ1) is 22.3. The summed E-state index contributed by atoms with van der Waals surface area (Å²) in [7, 11) is -2.40. The number of carbonyl (C=O) groups excluding carboxylic acids is 1. The van der Waals surface area contributed by atoms with Gasteiger partial charge in [-0.15, -0.1) is 0 Å². The first-order valence-corrected chi connectivity index (χ1v) is 12.0. The van der Waals surface area contributed by atoms with E-state index in [1.54, 1.807) is 0 Å². The minimum absolute atomic E-state index is 0.00807. The number of hydrogen-bond acceptors (Lipinski definition) is 5. The molecule has 0 fully saturated rings. The third-order valence-electron chi connectivity index (χ3n) is 4.71.